The monoisotopic (exact) mass is 361 g/mol. The molecule has 1 N–H and O–H groups in total. The molecule has 1 amide bonds. The summed E-state index contributed by atoms with van der Waals surface area (Å²) in [6.45, 7) is 6.54. The summed E-state index contributed by atoms with van der Waals surface area (Å²) in [5.41, 5.74) is 3.63. The number of aromatic nitrogens is 4. The molecule has 25 heavy (non-hydrogen) atoms. The highest BCUT2D eigenvalue weighted by Crippen LogP contribution is 2.20. The molecule has 0 saturated heterocycles. The molecule has 0 aliphatic heterocycles. The quantitative estimate of drug-likeness (QED) is 0.758. The highest BCUT2D eigenvalue weighted by molar-refractivity contribution is 6.31. The third-order valence-corrected chi connectivity index (χ3v) is 4.81. The molecule has 0 bridgehead atoms. The Balaban J connectivity index is 1.65. The molecule has 132 valence electrons. The molecule has 0 fully saturated rings. The second kappa shape index (κ2) is 6.76. The Bertz CT molecular complexity index is 922. The summed E-state index contributed by atoms with van der Waals surface area (Å²) in [7, 11) is 1.87. The van der Waals surface area contributed by atoms with Crippen LogP contribution in [-0.2, 0) is 20.1 Å². The van der Waals surface area contributed by atoms with Gasteiger partial charge in [0.2, 0.25) is 0 Å². The minimum atomic E-state index is -0.263. The van der Waals surface area contributed by atoms with E-state index < -0.39 is 0 Å². The first-order chi connectivity index (χ1) is 11.9. The minimum absolute atomic E-state index is 0.263. The van der Waals surface area contributed by atoms with Crippen LogP contribution in [0.5, 0.6) is 0 Å². The molecule has 3 rings (SSSR count). The molecule has 0 unspecified atom stereocenters. The van der Waals surface area contributed by atoms with Gasteiger partial charge in [0.05, 0.1) is 29.2 Å². The molecular weight excluding hydrogens is 342 g/mol. The van der Waals surface area contributed by atoms with Gasteiger partial charge in [-0.3, -0.25) is 14.2 Å². The minimum Gasteiger partial charge on any atom is -0.454 e. The first-order valence-corrected chi connectivity index (χ1v) is 8.28. The lowest BCUT2D eigenvalue weighted by Crippen LogP contribution is -2.22. The van der Waals surface area contributed by atoms with Gasteiger partial charge in [-0.15, -0.1) is 0 Å². The molecular formula is C17H20ClN5O2. The molecule has 0 spiro atoms. The zero-order valence-corrected chi connectivity index (χ0v) is 15.4. The molecule has 0 radical (unpaired) electrons. The molecule has 0 saturated carbocycles. The van der Waals surface area contributed by atoms with Gasteiger partial charge in [-0.25, -0.2) is 0 Å². The van der Waals surface area contributed by atoms with Gasteiger partial charge in [0, 0.05) is 24.8 Å². The number of halogens is 1. The van der Waals surface area contributed by atoms with Crippen molar-refractivity contribution in [2.75, 3.05) is 0 Å². The third kappa shape index (κ3) is 3.46. The third-order valence-electron chi connectivity index (χ3n) is 4.26. The highest BCUT2D eigenvalue weighted by atomic mass is 35.5. The fourth-order valence-corrected chi connectivity index (χ4v) is 2.68. The van der Waals surface area contributed by atoms with E-state index in [1.54, 1.807) is 27.7 Å². The van der Waals surface area contributed by atoms with E-state index >= 15 is 0 Å². The van der Waals surface area contributed by atoms with Crippen LogP contribution in [0.15, 0.2) is 22.7 Å². The Hall–Kier alpha value is -2.54. The fraction of sp³-hybridized carbons (Fsp3) is 0.353. The van der Waals surface area contributed by atoms with Crippen molar-refractivity contribution in [1.29, 1.82) is 0 Å². The molecule has 3 heterocycles. The van der Waals surface area contributed by atoms with E-state index in [1.165, 1.54) is 0 Å². The highest BCUT2D eigenvalue weighted by Gasteiger charge is 2.15. The van der Waals surface area contributed by atoms with Crippen LogP contribution in [-0.4, -0.2) is 25.5 Å². The number of nitrogens with zero attached hydrogens (tertiary/aromatic N) is 4. The van der Waals surface area contributed by atoms with E-state index in [0.29, 0.717) is 23.9 Å². The first kappa shape index (κ1) is 17.3. The Morgan fingerprint density at radius 2 is 2.04 bits per heavy atom. The van der Waals surface area contributed by atoms with Gasteiger partial charge in [-0.1, -0.05) is 11.6 Å². The van der Waals surface area contributed by atoms with Crippen LogP contribution in [0.25, 0.3) is 0 Å². The topological polar surface area (TPSA) is 77.9 Å². The Morgan fingerprint density at radius 1 is 1.28 bits per heavy atom. The molecule has 0 aliphatic rings. The van der Waals surface area contributed by atoms with Crippen molar-refractivity contribution >= 4 is 17.5 Å². The van der Waals surface area contributed by atoms with Crippen molar-refractivity contribution in [2.45, 2.75) is 33.9 Å². The average molecular weight is 362 g/mol. The first-order valence-electron chi connectivity index (χ1n) is 7.90. The smallest absolute Gasteiger partial charge is 0.287 e. The van der Waals surface area contributed by atoms with Crippen LogP contribution >= 0.6 is 11.6 Å². The number of aryl methyl sites for hydroxylation is 2. The maximum absolute atomic E-state index is 12.3. The largest absolute Gasteiger partial charge is 0.454 e. The lowest BCUT2D eigenvalue weighted by molar-refractivity contribution is 0.0921. The van der Waals surface area contributed by atoms with E-state index in [4.69, 9.17) is 16.0 Å². The van der Waals surface area contributed by atoms with Crippen LogP contribution in [0.1, 0.15) is 39.0 Å². The van der Waals surface area contributed by atoms with E-state index in [0.717, 1.165) is 22.6 Å². The molecule has 0 aliphatic carbocycles. The molecule has 0 atom stereocenters. The van der Waals surface area contributed by atoms with E-state index in [-0.39, 0.29) is 11.7 Å². The lowest BCUT2D eigenvalue weighted by atomic mass is 10.2. The summed E-state index contributed by atoms with van der Waals surface area (Å²) in [6, 6.07) is 3.43. The predicted molar refractivity (Wildman–Crippen MR) is 93.6 cm³/mol. The Labute approximate surface area is 150 Å². The Kier molecular flexibility index (Phi) is 4.67. The van der Waals surface area contributed by atoms with Crippen molar-refractivity contribution in [2.24, 2.45) is 7.05 Å². The van der Waals surface area contributed by atoms with Crippen molar-refractivity contribution in [3.8, 4) is 0 Å². The lowest BCUT2D eigenvalue weighted by Gasteiger charge is -2.04. The van der Waals surface area contributed by atoms with Crippen molar-refractivity contribution < 1.29 is 9.21 Å². The van der Waals surface area contributed by atoms with Gasteiger partial charge in [0.25, 0.3) is 5.91 Å². The van der Waals surface area contributed by atoms with E-state index in [2.05, 4.69) is 15.5 Å². The van der Waals surface area contributed by atoms with Crippen molar-refractivity contribution in [3.05, 3.63) is 57.5 Å². The zero-order chi connectivity index (χ0) is 18.1. The summed E-state index contributed by atoms with van der Waals surface area (Å²) < 4.78 is 9.17. The standard InChI is InChI=1S/C17H20ClN5O2/c1-10-16(18)12(3)23(21-10)9-14-5-6-15(25-14)17(24)19-7-13-8-20-22(4)11(13)2/h5-6,8H,7,9H2,1-4H3,(H,19,24). The van der Waals surface area contributed by atoms with Crippen LogP contribution in [0, 0.1) is 20.8 Å². The average Bonchev–Trinajstić information content (AvgIpc) is 3.24. The Morgan fingerprint density at radius 3 is 2.64 bits per heavy atom. The fourth-order valence-electron chi connectivity index (χ4n) is 2.54. The van der Waals surface area contributed by atoms with Gasteiger partial charge in [-0.2, -0.15) is 10.2 Å². The summed E-state index contributed by atoms with van der Waals surface area (Å²) in [4.78, 5) is 12.3. The molecule has 0 aromatic carbocycles. The van der Waals surface area contributed by atoms with Gasteiger partial charge >= 0.3 is 0 Å². The number of rotatable bonds is 5. The van der Waals surface area contributed by atoms with Gasteiger partial charge in [0.15, 0.2) is 5.76 Å². The second-order valence-corrected chi connectivity index (χ2v) is 6.35. The maximum Gasteiger partial charge on any atom is 0.287 e. The summed E-state index contributed by atoms with van der Waals surface area (Å²) >= 11 is 6.15. The zero-order valence-electron chi connectivity index (χ0n) is 14.6. The number of amides is 1. The van der Waals surface area contributed by atoms with Gasteiger partial charge < -0.3 is 9.73 Å². The number of nitrogens with one attached hydrogen (secondary N) is 1. The van der Waals surface area contributed by atoms with Crippen LogP contribution in [0.3, 0.4) is 0 Å². The molecule has 3 aromatic rings. The summed E-state index contributed by atoms with van der Waals surface area (Å²) in [6.07, 6.45) is 1.75. The normalized spacial score (nSPS) is 11.1. The van der Waals surface area contributed by atoms with E-state index in [1.807, 2.05) is 27.8 Å². The number of hydrogen-bond acceptors (Lipinski definition) is 4. The van der Waals surface area contributed by atoms with Gasteiger partial charge in [-0.05, 0) is 32.9 Å². The number of carbonyl (C=O) groups excluding carboxylic acids is 1. The number of hydrogen-bond donors (Lipinski definition) is 1. The van der Waals surface area contributed by atoms with Crippen LogP contribution in [0.2, 0.25) is 5.02 Å². The van der Waals surface area contributed by atoms with Crippen molar-refractivity contribution in [1.82, 2.24) is 24.9 Å². The maximum atomic E-state index is 12.3. The molecule has 8 heteroatoms. The summed E-state index contributed by atoms with van der Waals surface area (Å²) in [5.74, 6) is 0.648. The van der Waals surface area contributed by atoms with Crippen LogP contribution in [0.4, 0.5) is 0 Å². The van der Waals surface area contributed by atoms with E-state index in [9.17, 15) is 4.79 Å². The summed E-state index contributed by atoms with van der Waals surface area (Å²) in [5, 5.41) is 12.0. The molecule has 3 aromatic heterocycles. The predicted octanol–water partition coefficient (Wildman–Crippen LogP) is 2.77. The van der Waals surface area contributed by atoms with Crippen LogP contribution < -0.4 is 5.32 Å². The molecule has 7 nitrogen and oxygen atoms in total. The second-order valence-electron chi connectivity index (χ2n) is 5.97. The SMILES string of the molecule is Cc1nn(Cc2ccc(C(=O)NCc3cnn(C)c3C)o2)c(C)c1Cl. The number of furan rings is 1. The number of carbonyl (C=O) groups is 1. The van der Waals surface area contributed by atoms with Crippen molar-refractivity contribution in [3.63, 3.8) is 0 Å². The van der Waals surface area contributed by atoms with Gasteiger partial charge in [0.1, 0.15) is 5.76 Å².